The van der Waals surface area contributed by atoms with Crippen LogP contribution in [0, 0.1) is 0 Å². The molecule has 0 bridgehead atoms. The van der Waals surface area contributed by atoms with Gasteiger partial charge in [-0.2, -0.15) is 0 Å². The predicted octanol–water partition coefficient (Wildman–Crippen LogP) is 12.2. The van der Waals surface area contributed by atoms with Crippen molar-refractivity contribution in [2.75, 3.05) is 0 Å². The predicted molar refractivity (Wildman–Crippen MR) is 211 cm³/mol. The van der Waals surface area contributed by atoms with Gasteiger partial charge in [-0.15, -0.1) is 11.3 Å². The van der Waals surface area contributed by atoms with Gasteiger partial charge >= 0.3 is 0 Å². The lowest BCUT2D eigenvalue weighted by atomic mass is 10.1. The third-order valence-electron chi connectivity index (χ3n) is 9.87. The third-order valence-corrected chi connectivity index (χ3v) is 11.1. The van der Waals surface area contributed by atoms with Crippen LogP contribution in [0.3, 0.4) is 0 Å². The van der Waals surface area contributed by atoms with Crippen LogP contribution in [0.2, 0.25) is 0 Å². The first-order chi connectivity index (χ1) is 25.3. The zero-order valence-corrected chi connectivity index (χ0v) is 27.9. The van der Waals surface area contributed by atoms with Crippen LogP contribution < -0.4 is 0 Å². The molecule has 11 rings (SSSR count). The Labute approximate surface area is 295 Å². The smallest absolute Gasteiger partial charge is 0.165 e. The summed E-state index contributed by atoms with van der Waals surface area (Å²) in [5.74, 6) is 1.94. The topological polar surface area (TPSA) is 56.7 Å². The van der Waals surface area contributed by atoms with Crippen molar-refractivity contribution in [3.05, 3.63) is 158 Å². The average molecular weight is 671 g/mol. The molecule has 0 amide bonds. The van der Waals surface area contributed by atoms with Crippen LogP contribution in [-0.4, -0.2) is 19.5 Å². The molecule has 0 aliphatic rings. The lowest BCUT2D eigenvalue weighted by Crippen LogP contribution is -2.00. The third kappa shape index (κ3) is 4.24. The standard InChI is InChI=1S/C45H26N4OS/c1-3-13-27(14-4-1)43-46-44(28-15-5-2-6-16-28)48-45(47-43)35-21-11-20-33-34-26-25-32-31-19-12-24-38(39(31)50-40(32)42(34)51-41(33)35)49-36-22-9-7-17-29(36)30-18-8-10-23-37(30)49/h1-26H. The van der Waals surface area contributed by atoms with Gasteiger partial charge in [0.1, 0.15) is 0 Å². The fourth-order valence-corrected chi connectivity index (χ4v) is 8.85. The first-order valence-electron chi connectivity index (χ1n) is 17.0. The molecule has 0 saturated heterocycles. The molecule has 5 nitrogen and oxygen atoms in total. The van der Waals surface area contributed by atoms with Gasteiger partial charge in [0.25, 0.3) is 0 Å². The number of hydrogen-bond donors (Lipinski definition) is 0. The quantitative estimate of drug-likeness (QED) is 0.187. The summed E-state index contributed by atoms with van der Waals surface area (Å²) >= 11 is 1.74. The maximum absolute atomic E-state index is 7.00. The normalized spacial score (nSPS) is 11.9. The summed E-state index contributed by atoms with van der Waals surface area (Å²) in [7, 11) is 0. The van der Waals surface area contributed by atoms with E-state index in [2.05, 4.69) is 102 Å². The minimum absolute atomic E-state index is 0.648. The highest BCUT2D eigenvalue weighted by Crippen LogP contribution is 2.46. The maximum Gasteiger partial charge on any atom is 0.165 e. The minimum Gasteiger partial charge on any atom is -0.452 e. The van der Waals surface area contributed by atoms with E-state index in [4.69, 9.17) is 19.4 Å². The van der Waals surface area contributed by atoms with Gasteiger partial charge in [0.2, 0.25) is 0 Å². The second-order valence-corrected chi connectivity index (χ2v) is 13.8. The van der Waals surface area contributed by atoms with Crippen molar-refractivity contribution in [1.82, 2.24) is 19.5 Å². The molecule has 0 N–H and O–H groups in total. The van der Waals surface area contributed by atoms with Crippen LogP contribution in [0.1, 0.15) is 0 Å². The molecule has 0 fully saturated rings. The van der Waals surface area contributed by atoms with E-state index < -0.39 is 0 Å². The summed E-state index contributed by atoms with van der Waals surface area (Å²) < 4.78 is 11.6. The van der Waals surface area contributed by atoms with Gasteiger partial charge in [0, 0.05) is 53.7 Å². The van der Waals surface area contributed by atoms with Crippen molar-refractivity contribution in [1.29, 1.82) is 0 Å². The molecular formula is C45H26N4OS. The first-order valence-corrected chi connectivity index (χ1v) is 17.8. The first kappa shape index (κ1) is 28.2. The van der Waals surface area contributed by atoms with E-state index in [-0.39, 0.29) is 0 Å². The van der Waals surface area contributed by atoms with Crippen LogP contribution in [0.5, 0.6) is 0 Å². The molecule has 0 aliphatic carbocycles. The molecule has 51 heavy (non-hydrogen) atoms. The number of aromatic nitrogens is 4. The van der Waals surface area contributed by atoms with Gasteiger partial charge in [-0.05, 0) is 30.3 Å². The Bertz CT molecular complexity index is 3030. The lowest BCUT2D eigenvalue weighted by Gasteiger charge is -2.09. The zero-order valence-electron chi connectivity index (χ0n) is 27.1. The highest BCUT2D eigenvalue weighted by molar-refractivity contribution is 7.27. The Hall–Kier alpha value is -6.63. The van der Waals surface area contributed by atoms with E-state index in [9.17, 15) is 0 Å². The molecule has 238 valence electrons. The SMILES string of the molecule is c1ccc(-c2nc(-c3ccccc3)nc(-c3cccc4c3sc3c4ccc4c5cccc(-n6c7ccccc7c7ccccc76)c5oc43)n2)cc1. The van der Waals surface area contributed by atoms with Gasteiger partial charge in [-0.1, -0.05) is 127 Å². The maximum atomic E-state index is 7.00. The molecule has 4 heterocycles. The number of fused-ring (bicyclic) bond motifs is 10. The molecule has 4 aromatic heterocycles. The number of furan rings is 1. The van der Waals surface area contributed by atoms with Gasteiger partial charge in [-0.3, -0.25) is 0 Å². The van der Waals surface area contributed by atoms with Gasteiger partial charge in [0.05, 0.1) is 21.4 Å². The number of nitrogens with zero attached hydrogens (tertiary/aromatic N) is 4. The molecule has 0 spiro atoms. The number of hydrogen-bond acceptors (Lipinski definition) is 5. The summed E-state index contributed by atoms with van der Waals surface area (Å²) in [5, 5.41) is 6.96. The highest BCUT2D eigenvalue weighted by Gasteiger charge is 2.21. The average Bonchev–Trinajstić information content (AvgIpc) is 3.88. The Balaban J connectivity index is 1.16. The number of rotatable bonds is 4. The van der Waals surface area contributed by atoms with E-state index in [0.29, 0.717) is 17.5 Å². The van der Waals surface area contributed by atoms with E-state index >= 15 is 0 Å². The second-order valence-electron chi connectivity index (χ2n) is 12.8. The number of para-hydroxylation sites is 3. The number of benzene rings is 7. The fraction of sp³-hybridized carbons (Fsp3) is 0. The van der Waals surface area contributed by atoms with Crippen molar-refractivity contribution in [2.24, 2.45) is 0 Å². The van der Waals surface area contributed by atoms with Crippen molar-refractivity contribution in [3.63, 3.8) is 0 Å². The molecule has 0 radical (unpaired) electrons. The lowest BCUT2D eigenvalue weighted by molar-refractivity contribution is 0.670. The van der Waals surface area contributed by atoms with Gasteiger partial charge in [-0.25, -0.2) is 15.0 Å². The van der Waals surface area contributed by atoms with E-state index in [0.717, 1.165) is 75.5 Å². The summed E-state index contributed by atoms with van der Waals surface area (Å²) in [5.41, 5.74) is 7.99. The number of thiophene rings is 1. The summed E-state index contributed by atoms with van der Waals surface area (Å²) in [6, 6.07) is 54.8. The van der Waals surface area contributed by atoms with Crippen LogP contribution >= 0.6 is 11.3 Å². The van der Waals surface area contributed by atoms with Crippen molar-refractivity contribution < 1.29 is 4.42 Å². The van der Waals surface area contributed by atoms with Crippen LogP contribution in [-0.2, 0) is 0 Å². The second kappa shape index (κ2) is 10.9. The molecule has 0 saturated carbocycles. The molecule has 0 aliphatic heterocycles. The van der Waals surface area contributed by atoms with Crippen LogP contribution in [0.4, 0.5) is 0 Å². The minimum atomic E-state index is 0.648. The molecule has 7 aromatic carbocycles. The summed E-state index contributed by atoms with van der Waals surface area (Å²) in [4.78, 5) is 15.0. The van der Waals surface area contributed by atoms with E-state index in [1.807, 2.05) is 60.7 Å². The van der Waals surface area contributed by atoms with E-state index in [1.54, 1.807) is 11.3 Å². The Morgan fingerprint density at radius 2 is 0.902 bits per heavy atom. The Morgan fingerprint density at radius 1 is 0.392 bits per heavy atom. The highest BCUT2D eigenvalue weighted by atomic mass is 32.1. The largest absolute Gasteiger partial charge is 0.452 e. The van der Waals surface area contributed by atoms with Crippen molar-refractivity contribution >= 4 is 75.3 Å². The van der Waals surface area contributed by atoms with Crippen LogP contribution in [0.15, 0.2) is 162 Å². The van der Waals surface area contributed by atoms with Crippen molar-refractivity contribution in [3.8, 4) is 39.9 Å². The van der Waals surface area contributed by atoms with Crippen LogP contribution in [0.25, 0.3) is 104 Å². The molecule has 0 atom stereocenters. The Morgan fingerprint density at radius 3 is 1.59 bits per heavy atom. The fourth-order valence-electron chi connectivity index (χ4n) is 7.56. The molecule has 0 unspecified atom stereocenters. The van der Waals surface area contributed by atoms with Gasteiger partial charge in [0.15, 0.2) is 28.6 Å². The molecule has 11 aromatic rings. The van der Waals surface area contributed by atoms with Gasteiger partial charge < -0.3 is 8.98 Å². The zero-order chi connectivity index (χ0) is 33.5. The summed E-state index contributed by atoms with van der Waals surface area (Å²) in [6.07, 6.45) is 0. The molecule has 6 heteroatoms. The monoisotopic (exact) mass is 670 g/mol. The Kier molecular flexibility index (Phi) is 6.05. The summed E-state index contributed by atoms with van der Waals surface area (Å²) in [6.45, 7) is 0. The van der Waals surface area contributed by atoms with E-state index in [1.165, 1.54) is 10.8 Å². The molecular weight excluding hydrogens is 645 g/mol. The van der Waals surface area contributed by atoms with Crippen molar-refractivity contribution in [2.45, 2.75) is 0 Å².